The van der Waals surface area contributed by atoms with Gasteiger partial charge in [0.25, 0.3) is 0 Å². The van der Waals surface area contributed by atoms with Crippen LogP contribution in [-0.2, 0) is 6.54 Å². The lowest BCUT2D eigenvalue weighted by atomic mass is 10.2. The zero-order valence-corrected chi connectivity index (χ0v) is 15.1. The molecule has 118 valence electrons. The van der Waals surface area contributed by atoms with E-state index in [4.69, 9.17) is 10.5 Å². The molecule has 6 heteroatoms. The molecule has 0 aliphatic carbocycles. The van der Waals surface area contributed by atoms with Crippen molar-refractivity contribution in [1.82, 2.24) is 10.3 Å². The molecular formula is C15H25IN4O. The number of aromatic nitrogens is 1. The lowest BCUT2D eigenvalue weighted by Crippen LogP contribution is -2.32. The van der Waals surface area contributed by atoms with Crippen molar-refractivity contribution in [3.63, 3.8) is 0 Å². The van der Waals surface area contributed by atoms with E-state index < -0.39 is 0 Å². The largest absolute Gasteiger partial charge is 0.477 e. The normalized spacial score (nSPS) is 10.7. The van der Waals surface area contributed by atoms with E-state index in [0.717, 1.165) is 24.0 Å². The van der Waals surface area contributed by atoms with Crippen molar-refractivity contribution in [1.29, 1.82) is 0 Å². The molecule has 0 spiro atoms. The van der Waals surface area contributed by atoms with Gasteiger partial charge in [-0.05, 0) is 19.4 Å². The van der Waals surface area contributed by atoms with Crippen molar-refractivity contribution in [2.75, 3.05) is 13.2 Å². The second-order valence-electron chi connectivity index (χ2n) is 4.68. The van der Waals surface area contributed by atoms with Crippen LogP contribution in [0.5, 0.6) is 5.88 Å². The maximum absolute atomic E-state index is 5.78. The summed E-state index contributed by atoms with van der Waals surface area (Å²) in [6, 6.07) is 3.82. The van der Waals surface area contributed by atoms with Crippen LogP contribution in [0.25, 0.3) is 0 Å². The van der Waals surface area contributed by atoms with Crippen LogP contribution >= 0.6 is 24.0 Å². The van der Waals surface area contributed by atoms with Gasteiger partial charge in [-0.15, -0.1) is 24.0 Å². The van der Waals surface area contributed by atoms with Crippen LogP contribution in [-0.4, -0.2) is 24.1 Å². The predicted octanol–water partition coefficient (Wildman–Crippen LogP) is 2.86. The van der Waals surface area contributed by atoms with Gasteiger partial charge < -0.3 is 15.8 Å². The molecule has 0 saturated carbocycles. The first kappa shape index (κ1) is 19.7. The summed E-state index contributed by atoms with van der Waals surface area (Å²) in [5, 5.41) is 2.99. The zero-order chi connectivity index (χ0) is 14.8. The highest BCUT2D eigenvalue weighted by Crippen LogP contribution is 2.15. The first-order chi connectivity index (χ1) is 9.63. The fraction of sp³-hybridized carbons (Fsp3) is 0.467. The van der Waals surface area contributed by atoms with Crippen molar-refractivity contribution in [3.05, 3.63) is 36.0 Å². The van der Waals surface area contributed by atoms with E-state index >= 15 is 0 Å². The molecule has 0 unspecified atom stereocenters. The SMILES string of the molecule is C=C(C)CNC(N)=NCc1cccnc1OCCCC.I. The number of nitrogens with zero attached hydrogens (tertiary/aromatic N) is 2. The number of nitrogens with one attached hydrogen (secondary N) is 1. The van der Waals surface area contributed by atoms with Crippen molar-refractivity contribution in [2.45, 2.75) is 33.2 Å². The first-order valence-corrected chi connectivity index (χ1v) is 6.88. The minimum absolute atomic E-state index is 0. The van der Waals surface area contributed by atoms with E-state index in [1.54, 1.807) is 6.20 Å². The minimum Gasteiger partial charge on any atom is -0.477 e. The zero-order valence-electron chi connectivity index (χ0n) is 12.8. The second-order valence-corrected chi connectivity index (χ2v) is 4.68. The number of hydrogen-bond donors (Lipinski definition) is 2. The summed E-state index contributed by atoms with van der Waals surface area (Å²) in [7, 11) is 0. The summed E-state index contributed by atoms with van der Waals surface area (Å²) >= 11 is 0. The molecule has 0 amide bonds. The van der Waals surface area contributed by atoms with Gasteiger partial charge in [0.1, 0.15) is 0 Å². The Morgan fingerprint density at radius 2 is 2.29 bits per heavy atom. The molecule has 0 aromatic carbocycles. The fourth-order valence-electron chi connectivity index (χ4n) is 1.46. The van der Waals surface area contributed by atoms with E-state index in [1.165, 1.54) is 0 Å². The van der Waals surface area contributed by atoms with Crippen molar-refractivity contribution >= 4 is 29.9 Å². The van der Waals surface area contributed by atoms with Gasteiger partial charge in [-0.25, -0.2) is 9.98 Å². The average Bonchev–Trinajstić information content (AvgIpc) is 2.44. The maximum Gasteiger partial charge on any atom is 0.218 e. The molecule has 0 atom stereocenters. The summed E-state index contributed by atoms with van der Waals surface area (Å²) < 4.78 is 5.65. The molecule has 0 saturated heterocycles. The molecule has 1 aromatic heterocycles. The number of aliphatic imine (C=N–C) groups is 1. The number of pyridine rings is 1. The Hall–Kier alpha value is -1.31. The quantitative estimate of drug-likeness (QED) is 0.230. The number of ether oxygens (including phenoxy) is 1. The molecule has 1 rings (SSSR count). The average molecular weight is 404 g/mol. The molecule has 0 aliphatic rings. The number of nitrogens with two attached hydrogens (primary N) is 1. The van der Waals surface area contributed by atoms with Gasteiger partial charge in [0.2, 0.25) is 5.88 Å². The Labute approximate surface area is 144 Å². The van der Waals surface area contributed by atoms with Crippen LogP contribution in [0, 0.1) is 0 Å². The van der Waals surface area contributed by atoms with E-state index in [2.05, 4.69) is 28.8 Å². The van der Waals surface area contributed by atoms with E-state index in [9.17, 15) is 0 Å². The van der Waals surface area contributed by atoms with Crippen LogP contribution in [0.2, 0.25) is 0 Å². The summed E-state index contributed by atoms with van der Waals surface area (Å²) in [6.45, 7) is 9.61. The van der Waals surface area contributed by atoms with Crippen molar-refractivity contribution < 1.29 is 4.74 Å². The third-order valence-corrected chi connectivity index (χ3v) is 2.58. The summed E-state index contributed by atoms with van der Waals surface area (Å²) in [5.41, 5.74) is 7.72. The van der Waals surface area contributed by atoms with Crippen LogP contribution in [0.3, 0.4) is 0 Å². The Bertz CT molecular complexity index is 463. The number of unbranched alkanes of at least 4 members (excludes halogenated alkanes) is 1. The summed E-state index contributed by atoms with van der Waals surface area (Å²) in [6.07, 6.45) is 3.83. The van der Waals surface area contributed by atoms with Crippen LogP contribution < -0.4 is 15.8 Å². The molecule has 1 aromatic rings. The van der Waals surface area contributed by atoms with Crippen molar-refractivity contribution in [3.8, 4) is 5.88 Å². The van der Waals surface area contributed by atoms with E-state index in [0.29, 0.717) is 31.5 Å². The number of hydrogen-bond acceptors (Lipinski definition) is 3. The molecule has 0 bridgehead atoms. The molecule has 0 aliphatic heterocycles. The van der Waals surface area contributed by atoms with E-state index in [1.807, 2.05) is 19.1 Å². The van der Waals surface area contributed by atoms with Crippen LogP contribution in [0.4, 0.5) is 0 Å². The highest BCUT2D eigenvalue weighted by Gasteiger charge is 2.04. The molecule has 0 radical (unpaired) electrons. The first-order valence-electron chi connectivity index (χ1n) is 6.88. The molecule has 5 nitrogen and oxygen atoms in total. The van der Waals surface area contributed by atoms with Crippen LogP contribution in [0.1, 0.15) is 32.3 Å². The van der Waals surface area contributed by atoms with Gasteiger partial charge in [0.15, 0.2) is 5.96 Å². The van der Waals surface area contributed by atoms with E-state index in [-0.39, 0.29) is 24.0 Å². The van der Waals surface area contributed by atoms with Gasteiger partial charge in [-0.2, -0.15) is 0 Å². The summed E-state index contributed by atoms with van der Waals surface area (Å²) in [4.78, 5) is 8.51. The van der Waals surface area contributed by atoms with Gasteiger partial charge in [-0.3, -0.25) is 0 Å². The molecule has 0 fully saturated rings. The Morgan fingerprint density at radius 3 is 2.95 bits per heavy atom. The Balaban J connectivity index is 0.00000400. The lowest BCUT2D eigenvalue weighted by Gasteiger charge is -2.09. The Morgan fingerprint density at radius 1 is 1.52 bits per heavy atom. The summed E-state index contributed by atoms with van der Waals surface area (Å²) in [5.74, 6) is 1.04. The maximum atomic E-state index is 5.78. The molecule has 3 N–H and O–H groups in total. The minimum atomic E-state index is 0. The Kier molecular flexibility index (Phi) is 10.7. The fourth-order valence-corrected chi connectivity index (χ4v) is 1.46. The van der Waals surface area contributed by atoms with Crippen LogP contribution in [0.15, 0.2) is 35.5 Å². The molecule has 1 heterocycles. The highest BCUT2D eigenvalue weighted by atomic mass is 127. The number of halogens is 1. The van der Waals surface area contributed by atoms with Gasteiger partial charge in [-0.1, -0.05) is 31.6 Å². The standard InChI is InChI=1S/C15H24N4O.HI/c1-4-5-9-20-14-13(7-6-8-17-14)11-19-15(16)18-10-12(2)3;/h6-8H,2,4-5,9-11H2,1,3H3,(H3,16,18,19);1H. The third-order valence-electron chi connectivity index (χ3n) is 2.58. The predicted molar refractivity (Wildman–Crippen MR) is 98.2 cm³/mol. The highest BCUT2D eigenvalue weighted by molar-refractivity contribution is 14.0. The molecule has 21 heavy (non-hydrogen) atoms. The lowest BCUT2D eigenvalue weighted by molar-refractivity contribution is 0.294. The van der Waals surface area contributed by atoms with Gasteiger partial charge in [0, 0.05) is 18.3 Å². The van der Waals surface area contributed by atoms with Gasteiger partial charge in [0.05, 0.1) is 13.2 Å². The topological polar surface area (TPSA) is 72.5 Å². The monoisotopic (exact) mass is 404 g/mol. The van der Waals surface area contributed by atoms with Gasteiger partial charge >= 0.3 is 0 Å². The third kappa shape index (κ3) is 8.54. The number of guanidine groups is 1. The number of rotatable bonds is 8. The van der Waals surface area contributed by atoms with Crippen molar-refractivity contribution in [2.24, 2.45) is 10.7 Å². The smallest absolute Gasteiger partial charge is 0.218 e. The second kappa shape index (κ2) is 11.4. The molecular weight excluding hydrogens is 379 g/mol.